The number of hydrogen-bond donors (Lipinski definition) is 2. The molecule has 1 aliphatic rings. The highest BCUT2D eigenvalue weighted by atomic mass is 19.1. The van der Waals surface area contributed by atoms with Gasteiger partial charge in [-0.1, -0.05) is 0 Å². The average Bonchev–Trinajstić information content (AvgIpc) is 3.13. The third-order valence-electron chi connectivity index (χ3n) is 3.80. The van der Waals surface area contributed by atoms with Crippen LogP contribution in [0.2, 0.25) is 0 Å². The van der Waals surface area contributed by atoms with E-state index in [1.165, 1.54) is 9.70 Å². The molecule has 0 spiro atoms. The number of aliphatic hydroxyl groups excluding tert-OH is 1. The Labute approximate surface area is 136 Å². The van der Waals surface area contributed by atoms with E-state index in [1.807, 2.05) is 0 Å². The van der Waals surface area contributed by atoms with Crippen LogP contribution in [0.3, 0.4) is 0 Å². The number of aromatic nitrogens is 4. The molecule has 10 heteroatoms. The summed E-state index contributed by atoms with van der Waals surface area (Å²) in [6.45, 7) is 0.0674. The molecule has 2 atom stereocenters. The summed E-state index contributed by atoms with van der Waals surface area (Å²) in [5.41, 5.74) is 0.0410. The van der Waals surface area contributed by atoms with E-state index in [-0.39, 0.29) is 25.1 Å². The number of urea groups is 1. The first-order valence-electron chi connectivity index (χ1n) is 7.34. The zero-order chi connectivity index (χ0) is 17.3. The Morgan fingerprint density at radius 1 is 1.46 bits per heavy atom. The van der Waals surface area contributed by atoms with E-state index in [1.54, 1.807) is 7.05 Å². The SMILES string of the molecule is Cn1nnc(CNC(=O)N2CC(O)CC2c2cc(F)ccc2F)n1. The molecule has 0 radical (unpaired) electrons. The molecule has 8 nitrogen and oxygen atoms in total. The van der Waals surface area contributed by atoms with Gasteiger partial charge < -0.3 is 15.3 Å². The standard InChI is InChI=1S/C14H16F2N6O2/c1-21-19-13(18-20-21)6-17-14(24)22-7-9(23)5-12(22)10-4-8(15)2-3-11(10)16/h2-4,9,12,23H,5-7H2,1H3,(H,17,24). The quantitative estimate of drug-likeness (QED) is 0.850. The molecule has 2 aromatic rings. The summed E-state index contributed by atoms with van der Waals surface area (Å²) in [6.07, 6.45) is -0.671. The Bertz CT molecular complexity index is 753. The number of likely N-dealkylation sites (tertiary alicyclic amines) is 1. The van der Waals surface area contributed by atoms with Gasteiger partial charge in [-0.3, -0.25) is 0 Å². The van der Waals surface area contributed by atoms with Gasteiger partial charge in [-0.05, 0) is 29.8 Å². The van der Waals surface area contributed by atoms with Gasteiger partial charge in [-0.2, -0.15) is 4.80 Å². The van der Waals surface area contributed by atoms with Crippen LogP contribution < -0.4 is 5.32 Å². The molecule has 128 valence electrons. The average molecular weight is 338 g/mol. The van der Waals surface area contributed by atoms with Crippen molar-refractivity contribution in [2.45, 2.75) is 25.1 Å². The van der Waals surface area contributed by atoms with Crippen LogP contribution in [0.25, 0.3) is 0 Å². The molecule has 1 aromatic carbocycles. The summed E-state index contributed by atoms with van der Waals surface area (Å²) in [7, 11) is 1.60. The number of β-amino-alcohol motifs (C(OH)–C–C–N with tert-alkyl or cyclic N) is 1. The molecular weight excluding hydrogens is 322 g/mol. The highest BCUT2D eigenvalue weighted by Crippen LogP contribution is 2.34. The van der Waals surface area contributed by atoms with E-state index in [9.17, 15) is 18.7 Å². The van der Waals surface area contributed by atoms with Crippen LogP contribution in [0, 0.1) is 11.6 Å². The van der Waals surface area contributed by atoms with E-state index in [4.69, 9.17) is 0 Å². The Balaban J connectivity index is 1.74. The zero-order valence-corrected chi connectivity index (χ0v) is 12.9. The number of nitrogens with one attached hydrogen (secondary N) is 1. The van der Waals surface area contributed by atoms with Crippen LogP contribution in [0.1, 0.15) is 23.9 Å². The topological polar surface area (TPSA) is 96.2 Å². The number of nitrogens with zero attached hydrogens (tertiary/aromatic N) is 5. The third kappa shape index (κ3) is 3.32. The normalized spacial score (nSPS) is 20.4. The summed E-state index contributed by atoms with van der Waals surface area (Å²) in [6, 6.07) is 1.80. The fraction of sp³-hybridized carbons (Fsp3) is 0.429. The minimum Gasteiger partial charge on any atom is -0.391 e. The molecule has 2 amide bonds. The van der Waals surface area contributed by atoms with Crippen molar-refractivity contribution in [1.82, 2.24) is 30.4 Å². The summed E-state index contributed by atoms with van der Waals surface area (Å²) in [4.78, 5) is 14.9. The molecule has 1 fully saturated rings. The minimum absolute atomic E-state index is 0.0281. The fourth-order valence-corrected chi connectivity index (χ4v) is 2.75. The number of carbonyl (C=O) groups excluding carboxylic acids is 1. The Morgan fingerprint density at radius 2 is 2.25 bits per heavy atom. The summed E-state index contributed by atoms with van der Waals surface area (Å²) >= 11 is 0. The van der Waals surface area contributed by atoms with Crippen LogP contribution in [-0.4, -0.2) is 48.9 Å². The molecule has 2 unspecified atom stereocenters. The lowest BCUT2D eigenvalue weighted by molar-refractivity contribution is 0.169. The summed E-state index contributed by atoms with van der Waals surface area (Å²) in [5, 5.41) is 23.8. The number of tetrazole rings is 1. The van der Waals surface area contributed by atoms with Crippen molar-refractivity contribution in [3.63, 3.8) is 0 Å². The zero-order valence-electron chi connectivity index (χ0n) is 12.9. The van der Waals surface area contributed by atoms with Gasteiger partial charge in [0.15, 0.2) is 5.82 Å². The predicted octanol–water partition coefficient (Wildman–Crippen LogP) is 0.506. The monoisotopic (exact) mass is 338 g/mol. The number of benzene rings is 1. The van der Waals surface area contributed by atoms with Crippen molar-refractivity contribution < 1.29 is 18.7 Å². The maximum atomic E-state index is 14.0. The maximum Gasteiger partial charge on any atom is 0.318 e. The molecule has 2 heterocycles. The molecule has 1 aliphatic heterocycles. The van der Waals surface area contributed by atoms with Gasteiger partial charge in [0.1, 0.15) is 11.6 Å². The second-order valence-corrected chi connectivity index (χ2v) is 5.58. The largest absolute Gasteiger partial charge is 0.391 e. The lowest BCUT2D eigenvalue weighted by Gasteiger charge is -2.25. The van der Waals surface area contributed by atoms with E-state index in [0.29, 0.717) is 5.82 Å². The lowest BCUT2D eigenvalue weighted by atomic mass is 10.0. The highest BCUT2D eigenvalue weighted by molar-refractivity contribution is 5.75. The van der Waals surface area contributed by atoms with Crippen LogP contribution >= 0.6 is 0 Å². The van der Waals surface area contributed by atoms with E-state index in [0.717, 1.165) is 18.2 Å². The first-order chi connectivity index (χ1) is 11.4. The molecule has 1 aromatic heterocycles. The molecule has 2 N–H and O–H groups in total. The van der Waals surface area contributed by atoms with Gasteiger partial charge in [0, 0.05) is 12.1 Å². The van der Waals surface area contributed by atoms with Gasteiger partial charge in [-0.25, -0.2) is 13.6 Å². The minimum atomic E-state index is -0.807. The third-order valence-corrected chi connectivity index (χ3v) is 3.80. The second kappa shape index (κ2) is 6.48. The summed E-state index contributed by atoms with van der Waals surface area (Å²) in [5.74, 6) is -0.903. The number of halogens is 2. The highest BCUT2D eigenvalue weighted by Gasteiger charge is 2.36. The molecule has 24 heavy (non-hydrogen) atoms. The first kappa shape index (κ1) is 16.2. The lowest BCUT2D eigenvalue weighted by Crippen LogP contribution is -2.40. The Kier molecular flexibility index (Phi) is 4.38. The van der Waals surface area contributed by atoms with Crippen LogP contribution in [0.5, 0.6) is 0 Å². The molecular formula is C14H16F2N6O2. The predicted molar refractivity (Wildman–Crippen MR) is 77.5 cm³/mol. The van der Waals surface area contributed by atoms with Gasteiger partial charge in [0.05, 0.1) is 25.7 Å². The number of amides is 2. The molecule has 3 rings (SSSR count). The van der Waals surface area contributed by atoms with Crippen molar-refractivity contribution in [1.29, 1.82) is 0 Å². The molecule has 0 saturated carbocycles. The number of carbonyl (C=O) groups is 1. The van der Waals surface area contributed by atoms with E-state index < -0.39 is 29.8 Å². The number of hydrogen-bond acceptors (Lipinski definition) is 5. The molecule has 1 saturated heterocycles. The molecule has 0 bridgehead atoms. The Hall–Kier alpha value is -2.62. The van der Waals surface area contributed by atoms with Crippen LogP contribution in [0.4, 0.5) is 13.6 Å². The van der Waals surface area contributed by atoms with Gasteiger partial charge in [-0.15, -0.1) is 10.2 Å². The van der Waals surface area contributed by atoms with E-state index >= 15 is 0 Å². The first-order valence-corrected chi connectivity index (χ1v) is 7.34. The van der Waals surface area contributed by atoms with Crippen molar-refractivity contribution in [2.75, 3.05) is 6.54 Å². The number of aryl methyl sites for hydroxylation is 1. The number of rotatable bonds is 3. The maximum absolute atomic E-state index is 14.0. The van der Waals surface area contributed by atoms with Gasteiger partial charge >= 0.3 is 6.03 Å². The van der Waals surface area contributed by atoms with Crippen molar-refractivity contribution in [2.24, 2.45) is 7.05 Å². The number of aliphatic hydroxyl groups is 1. The second-order valence-electron chi connectivity index (χ2n) is 5.58. The summed E-state index contributed by atoms with van der Waals surface area (Å²) < 4.78 is 27.4. The van der Waals surface area contributed by atoms with Crippen LogP contribution in [0.15, 0.2) is 18.2 Å². The van der Waals surface area contributed by atoms with Crippen LogP contribution in [-0.2, 0) is 13.6 Å². The Morgan fingerprint density at radius 3 is 2.96 bits per heavy atom. The van der Waals surface area contributed by atoms with Crippen molar-refractivity contribution >= 4 is 6.03 Å². The smallest absolute Gasteiger partial charge is 0.318 e. The fourth-order valence-electron chi connectivity index (χ4n) is 2.75. The molecule has 0 aliphatic carbocycles. The van der Waals surface area contributed by atoms with Gasteiger partial charge in [0.25, 0.3) is 0 Å². The van der Waals surface area contributed by atoms with Gasteiger partial charge in [0.2, 0.25) is 0 Å². The van der Waals surface area contributed by atoms with Crippen molar-refractivity contribution in [3.05, 3.63) is 41.2 Å². The van der Waals surface area contributed by atoms with E-state index in [2.05, 4.69) is 20.7 Å². The van der Waals surface area contributed by atoms with Crippen molar-refractivity contribution in [3.8, 4) is 0 Å².